The lowest BCUT2D eigenvalue weighted by Gasteiger charge is -1.97. The molecule has 0 aliphatic heterocycles. The molecule has 0 aliphatic carbocycles. The summed E-state index contributed by atoms with van der Waals surface area (Å²) in [6, 6.07) is 25.5. The van der Waals surface area contributed by atoms with E-state index < -0.39 is 0 Å². The number of nitrogens with one attached hydrogen (secondary N) is 4. The first-order valence-electron chi connectivity index (χ1n) is 11.5. The predicted octanol–water partition coefficient (Wildman–Crippen LogP) is 7.36. The van der Waals surface area contributed by atoms with Crippen molar-refractivity contribution in [3.8, 4) is 11.5 Å². The fourth-order valence-corrected chi connectivity index (χ4v) is 4.12. The molecule has 4 aromatic carbocycles. The Morgan fingerprint density at radius 3 is 1.34 bits per heavy atom. The number of phenolic OH excluding ortho intramolecular Hbond substituents is 2. The zero-order chi connectivity index (χ0) is 26.5. The summed E-state index contributed by atoms with van der Waals surface area (Å²) in [5.41, 5.74) is 6.68. The molecule has 2 heterocycles. The molecule has 8 nitrogen and oxygen atoms in total. The summed E-state index contributed by atoms with van der Waals surface area (Å²) in [4.78, 5) is 20.8. The van der Waals surface area contributed by atoms with Crippen LogP contribution in [0.5, 0.6) is 11.5 Å². The average Bonchev–Trinajstić information content (AvgIpc) is 3.47. The Labute approximate surface area is 227 Å². The van der Waals surface area contributed by atoms with Gasteiger partial charge in [0.15, 0.2) is 9.54 Å². The number of aromatic amines is 4. The molecule has 6 N–H and O–H groups in total. The van der Waals surface area contributed by atoms with E-state index in [0.29, 0.717) is 20.7 Å². The molecule has 0 fully saturated rings. The van der Waals surface area contributed by atoms with Crippen molar-refractivity contribution in [1.82, 2.24) is 19.9 Å². The second-order valence-electron chi connectivity index (χ2n) is 8.25. The molecule has 0 saturated heterocycles. The van der Waals surface area contributed by atoms with Crippen molar-refractivity contribution in [1.29, 1.82) is 0 Å². The van der Waals surface area contributed by atoms with E-state index in [2.05, 4.69) is 29.9 Å². The Morgan fingerprint density at radius 1 is 0.526 bits per heavy atom. The molecule has 2 aromatic heterocycles. The lowest BCUT2D eigenvalue weighted by molar-refractivity contribution is 0.474. The van der Waals surface area contributed by atoms with Gasteiger partial charge < -0.3 is 30.1 Å². The minimum absolute atomic E-state index is 0.216. The molecule has 6 rings (SSSR count). The van der Waals surface area contributed by atoms with Gasteiger partial charge in [-0.1, -0.05) is 24.3 Å². The highest BCUT2D eigenvalue weighted by atomic mass is 32.1. The van der Waals surface area contributed by atoms with E-state index in [9.17, 15) is 10.2 Å². The summed E-state index contributed by atoms with van der Waals surface area (Å²) in [7, 11) is 0. The van der Waals surface area contributed by atoms with E-state index in [1.807, 2.05) is 48.5 Å². The van der Waals surface area contributed by atoms with Gasteiger partial charge in [-0.25, -0.2) is 0 Å². The summed E-state index contributed by atoms with van der Waals surface area (Å²) in [5, 5.41) is 19.3. The molecule has 0 saturated carbocycles. The summed E-state index contributed by atoms with van der Waals surface area (Å²) in [6.07, 6.45) is 3.27. The maximum Gasteiger partial charge on any atom is 0.175 e. The van der Waals surface area contributed by atoms with Crippen LogP contribution in [0.2, 0.25) is 0 Å². The number of aliphatic imine (C=N–C) groups is 2. The van der Waals surface area contributed by atoms with Crippen molar-refractivity contribution < 1.29 is 10.2 Å². The fourth-order valence-electron chi connectivity index (χ4n) is 3.68. The van der Waals surface area contributed by atoms with Gasteiger partial charge in [-0.05, 0) is 85.1 Å². The zero-order valence-corrected chi connectivity index (χ0v) is 21.5. The van der Waals surface area contributed by atoms with E-state index >= 15 is 0 Å². The van der Waals surface area contributed by atoms with Crippen molar-refractivity contribution >= 4 is 70.3 Å². The first-order chi connectivity index (χ1) is 18.4. The van der Waals surface area contributed by atoms with Gasteiger partial charge in [0, 0.05) is 23.6 Å². The van der Waals surface area contributed by atoms with Crippen molar-refractivity contribution in [2.75, 3.05) is 0 Å². The van der Waals surface area contributed by atoms with Gasteiger partial charge in [0.25, 0.3) is 0 Å². The van der Waals surface area contributed by atoms with Crippen molar-refractivity contribution in [3.05, 3.63) is 106 Å². The smallest absolute Gasteiger partial charge is 0.175 e. The van der Waals surface area contributed by atoms with Crippen molar-refractivity contribution in [3.63, 3.8) is 0 Å². The number of aromatic nitrogens is 4. The molecule has 188 valence electrons. The molecule has 0 atom stereocenters. The van der Waals surface area contributed by atoms with Gasteiger partial charge >= 0.3 is 0 Å². The van der Waals surface area contributed by atoms with E-state index in [1.165, 1.54) is 0 Å². The first-order valence-corrected chi connectivity index (χ1v) is 12.3. The molecule has 0 bridgehead atoms. The molecule has 38 heavy (non-hydrogen) atoms. The number of fused-ring (bicyclic) bond motifs is 2. The zero-order valence-electron chi connectivity index (χ0n) is 19.8. The molecule has 6 aromatic rings. The minimum atomic E-state index is 0.216. The third-order valence-corrected chi connectivity index (χ3v) is 5.99. The number of benzene rings is 4. The third-order valence-electron chi connectivity index (χ3n) is 5.58. The van der Waals surface area contributed by atoms with E-state index in [1.54, 1.807) is 48.8 Å². The molecule has 0 unspecified atom stereocenters. The van der Waals surface area contributed by atoms with Crippen LogP contribution in [-0.4, -0.2) is 42.6 Å². The van der Waals surface area contributed by atoms with E-state index in [-0.39, 0.29) is 11.5 Å². The first kappa shape index (κ1) is 24.9. The summed E-state index contributed by atoms with van der Waals surface area (Å²) in [5.74, 6) is 0.432. The van der Waals surface area contributed by atoms with Gasteiger partial charge in [-0.15, -0.1) is 0 Å². The number of hydrogen-bond acceptors (Lipinski definition) is 6. The third kappa shape index (κ3) is 5.94. The summed E-state index contributed by atoms with van der Waals surface area (Å²) < 4.78 is 1.19. The number of hydrogen-bond donors (Lipinski definition) is 6. The van der Waals surface area contributed by atoms with Crippen LogP contribution in [0.4, 0.5) is 11.4 Å². The van der Waals surface area contributed by atoms with Crippen LogP contribution in [0.15, 0.2) is 94.9 Å². The Kier molecular flexibility index (Phi) is 7.25. The Balaban J connectivity index is 0.000000155. The highest BCUT2D eigenvalue weighted by molar-refractivity contribution is 7.71. The normalized spacial score (nSPS) is 11.4. The molecule has 10 heteroatoms. The SMILES string of the molecule is Oc1ccccc1C=Nc1ccc2[nH]c(=S)[nH]c2c1.Oc1ccccc1C=Nc1ccc2[nH]c(=S)[nH]c2c1. The largest absolute Gasteiger partial charge is 0.507 e. The minimum Gasteiger partial charge on any atom is -0.507 e. The quantitative estimate of drug-likeness (QED) is 0.103. The molecular formula is C28H22N6O2S2. The second kappa shape index (κ2) is 11.1. The van der Waals surface area contributed by atoms with Crippen molar-refractivity contribution in [2.45, 2.75) is 0 Å². The lowest BCUT2D eigenvalue weighted by Crippen LogP contribution is -1.80. The standard InChI is InChI=1S/2C14H11N3OS/c2*18-13-4-2-1-3-9(13)8-15-10-5-6-11-12(7-10)17-14(19)16-11/h2*1-8,18H,(H2,16,17,19). The Bertz CT molecular complexity index is 1770. The molecule has 0 radical (unpaired) electrons. The molecular weight excluding hydrogens is 516 g/mol. The van der Waals surface area contributed by atoms with Gasteiger partial charge in [0.1, 0.15) is 11.5 Å². The van der Waals surface area contributed by atoms with Crippen LogP contribution in [0, 0.1) is 9.54 Å². The molecule has 0 amide bonds. The van der Waals surface area contributed by atoms with Crippen LogP contribution >= 0.6 is 24.4 Å². The van der Waals surface area contributed by atoms with Crippen molar-refractivity contribution in [2.24, 2.45) is 9.98 Å². The maximum atomic E-state index is 9.65. The predicted molar refractivity (Wildman–Crippen MR) is 158 cm³/mol. The number of phenols is 2. The fraction of sp³-hybridized carbons (Fsp3) is 0. The van der Waals surface area contributed by atoms with Crippen LogP contribution in [0.1, 0.15) is 11.1 Å². The van der Waals surface area contributed by atoms with Crippen LogP contribution < -0.4 is 0 Å². The summed E-state index contributed by atoms with van der Waals surface area (Å²) in [6.45, 7) is 0. The van der Waals surface area contributed by atoms with E-state index in [4.69, 9.17) is 24.4 Å². The lowest BCUT2D eigenvalue weighted by atomic mass is 10.2. The van der Waals surface area contributed by atoms with Crippen LogP contribution in [0.25, 0.3) is 22.1 Å². The average molecular weight is 539 g/mol. The number of para-hydroxylation sites is 2. The molecule has 0 spiro atoms. The number of nitrogens with zero attached hydrogens (tertiary/aromatic N) is 2. The highest BCUT2D eigenvalue weighted by Gasteiger charge is 2.00. The van der Waals surface area contributed by atoms with Crippen LogP contribution in [-0.2, 0) is 0 Å². The number of imidazole rings is 2. The maximum absolute atomic E-state index is 9.65. The van der Waals surface area contributed by atoms with Crippen LogP contribution in [0.3, 0.4) is 0 Å². The number of aromatic hydroxyl groups is 2. The van der Waals surface area contributed by atoms with Gasteiger partial charge in [0.05, 0.1) is 33.4 Å². The monoisotopic (exact) mass is 538 g/mol. The second-order valence-corrected chi connectivity index (χ2v) is 9.07. The van der Waals surface area contributed by atoms with Gasteiger partial charge in [0.2, 0.25) is 0 Å². The Hall–Kier alpha value is -4.80. The van der Waals surface area contributed by atoms with Gasteiger partial charge in [-0.2, -0.15) is 0 Å². The van der Waals surface area contributed by atoms with Gasteiger partial charge in [-0.3, -0.25) is 9.98 Å². The van der Waals surface area contributed by atoms with E-state index in [0.717, 1.165) is 33.4 Å². The number of rotatable bonds is 4. The highest BCUT2D eigenvalue weighted by Crippen LogP contribution is 2.21. The number of H-pyrrole nitrogens is 4. The Morgan fingerprint density at radius 2 is 0.921 bits per heavy atom. The summed E-state index contributed by atoms with van der Waals surface area (Å²) >= 11 is 10.1. The molecule has 0 aliphatic rings. The topological polar surface area (TPSA) is 128 Å².